The molecule has 0 amide bonds. The first-order chi connectivity index (χ1) is 9.20. The number of nitrogens with one attached hydrogen (secondary N) is 1. The second-order valence-corrected chi connectivity index (χ2v) is 7.23. The third kappa shape index (κ3) is 4.17. The molecule has 2 rings (SSSR count). The molecule has 2 fully saturated rings. The van der Waals surface area contributed by atoms with E-state index in [9.17, 15) is 9.90 Å². The predicted octanol–water partition coefficient (Wildman–Crippen LogP) is 1.47. The topological polar surface area (TPSA) is 61.8 Å². The number of carbonyl (C=O) groups is 1. The fourth-order valence-corrected chi connectivity index (χ4v) is 3.06. The first-order valence-corrected chi connectivity index (χ1v) is 7.61. The molecule has 2 atom stereocenters. The van der Waals surface area contributed by atoms with Gasteiger partial charge in [0.2, 0.25) is 0 Å². The van der Waals surface area contributed by atoms with E-state index in [1.807, 2.05) is 6.92 Å². The molecule has 1 aliphatic carbocycles. The zero-order valence-electron chi connectivity index (χ0n) is 13.1. The van der Waals surface area contributed by atoms with Gasteiger partial charge in [0.15, 0.2) is 0 Å². The number of rotatable bonds is 6. The molecule has 0 aromatic rings. The number of morpholine rings is 1. The number of ether oxygens (including phenoxy) is 1. The van der Waals surface area contributed by atoms with Gasteiger partial charge in [0.05, 0.1) is 11.7 Å². The van der Waals surface area contributed by atoms with E-state index in [0.29, 0.717) is 12.5 Å². The molecule has 116 valence electrons. The lowest BCUT2D eigenvalue weighted by Gasteiger charge is -2.42. The van der Waals surface area contributed by atoms with Gasteiger partial charge in [-0.15, -0.1) is 0 Å². The van der Waals surface area contributed by atoms with Crippen LogP contribution >= 0.6 is 0 Å². The standard InChI is InChI=1S/C15H28N2O3/c1-11-9-17(10-14(2,3)20-11)8-7-15(4,13(18)19)16-12-5-6-12/h11-12,16H,5-10H2,1-4H3,(H,18,19). The van der Waals surface area contributed by atoms with E-state index in [1.165, 1.54) is 0 Å². The molecular weight excluding hydrogens is 256 g/mol. The van der Waals surface area contributed by atoms with Gasteiger partial charge in [-0.05, 0) is 47.0 Å². The number of carboxylic acids is 1. The van der Waals surface area contributed by atoms with Crippen molar-refractivity contribution in [3.8, 4) is 0 Å². The van der Waals surface area contributed by atoms with Gasteiger partial charge in [-0.2, -0.15) is 0 Å². The normalized spacial score (nSPS) is 29.9. The predicted molar refractivity (Wildman–Crippen MR) is 77.9 cm³/mol. The zero-order valence-corrected chi connectivity index (χ0v) is 13.1. The lowest BCUT2D eigenvalue weighted by atomic mass is 9.96. The van der Waals surface area contributed by atoms with E-state index in [2.05, 4.69) is 31.0 Å². The second-order valence-electron chi connectivity index (χ2n) is 7.23. The van der Waals surface area contributed by atoms with Crippen LogP contribution in [-0.4, -0.2) is 58.9 Å². The third-order valence-electron chi connectivity index (χ3n) is 4.14. The average molecular weight is 284 g/mol. The molecule has 1 saturated heterocycles. The molecule has 2 unspecified atom stereocenters. The smallest absolute Gasteiger partial charge is 0.323 e. The first kappa shape index (κ1) is 15.7. The molecule has 20 heavy (non-hydrogen) atoms. The lowest BCUT2D eigenvalue weighted by molar-refractivity contribution is -0.146. The van der Waals surface area contributed by atoms with Crippen molar-refractivity contribution in [1.29, 1.82) is 0 Å². The van der Waals surface area contributed by atoms with Crippen LogP contribution < -0.4 is 5.32 Å². The summed E-state index contributed by atoms with van der Waals surface area (Å²) in [5.41, 5.74) is -0.964. The molecular formula is C15H28N2O3. The highest BCUT2D eigenvalue weighted by molar-refractivity contribution is 5.78. The fraction of sp³-hybridized carbons (Fsp3) is 0.933. The molecule has 0 bridgehead atoms. The Labute approximate surface area is 121 Å². The van der Waals surface area contributed by atoms with E-state index >= 15 is 0 Å². The van der Waals surface area contributed by atoms with Crippen molar-refractivity contribution >= 4 is 5.97 Å². The first-order valence-electron chi connectivity index (χ1n) is 7.61. The van der Waals surface area contributed by atoms with Crippen molar-refractivity contribution < 1.29 is 14.6 Å². The van der Waals surface area contributed by atoms with Gasteiger partial charge >= 0.3 is 5.97 Å². The van der Waals surface area contributed by atoms with Crippen LogP contribution in [0.15, 0.2) is 0 Å². The van der Waals surface area contributed by atoms with Crippen LogP contribution in [0.3, 0.4) is 0 Å². The summed E-state index contributed by atoms with van der Waals surface area (Å²) in [4.78, 5) is 13.9. The molecule has 1 heterocycles. The Morgan fingerprint density at radius 3 is 2.65 bits per heavy atom. The van der Waals surface area contributed by atoms with Crippen molar-refractivity contribution in [3.63, 3.8) is 0 Å². The summed E-state index contributed by atoms with van der Waals surface area (Å²) in [6, 6.07) is 0.399. The van der Waals surface area contributed by atoms with Crippen molar-refractivity contribution in [2.75, 3.05) is 19.6 Å². The fourth-order valence-electron chi connectivity index (χ4n) is 3.06. The Morgan fingerprint density at radius 1 is 1.50 bits per heavy atom. The number of carboxylic acid groups (broad SMARTS) is 1. The summed E-state index contributed by atoms with van der Waals surface area (Å²) in [7, 11) is 0. The molecule has 5 nitrogen and oxygen atoms in total. The van der Waals surface area contributed by atoms with Crippen LogP contribution in [0, 0.1) is 0 Å². The van der Waals surface area contributed by atoms with E-state index in [4.69, 9.17) is 4.74 Å². The summed E-state index contributed by atoms with van der Waals surface area (Å²) >= 11 is 0. The highest BCUT2D eigenvalue weighted by Gasteiger charge is 2.39. The van der Waals surface area contributed by atoms with Gasteiger partial charge in [-0.1, -0.05) is 0 Å². The molecule has 1 saturated carbocycles. The molecule has 1 aliphatic heterocycles. The highest BCUT2D eigenvalue weighted by atomic mass is 16.5. The van der Waals surface area contributed by atoms with Gasteiger partial charge in [0.1, 0.15) is 5.54 Å². The minimum absolute atomic E-state index is 0.152. The van der Waals surface area contributed by atoms with E-state index in [0.717, 1.165) is 32.5 Å². The van der Waals surface area contributed by atoms with Crippen LogP contribution in [-0.2, 0) is 9.53 Å². The van der Waals surface area contributed by atoms with Crippen molar-refractivity contribution in [2.24, 2.45) is 0 Å². The Balaban J connectivity index is 1.90. The van der Waals surface area contributed by atoms with Gasteiger partial charge < -0.3 is 9.84 Å². The number of nitrogens with zero attached hydrogens (tertiary/aromatic N) is 1. The van der Waals surface area contributed by atoms with E-state index < -0.39 is 11.5 Å². The molecule has 5 heteroatoms. The minimum atomic E-state index is -0.813. The number of aliphatic carboxylic acids is 1. The summed E-state index contributed by atoms with van der Waals surface area (Å²) in [6.45, 7) is 10.6. The Kier molecular flexibility index (Phi) is 4.42. The molecule has 0 spiro atoms. The molecule has 2 N–H and O–H groups in total. The molecule has 0 aromatic carbocycles. The Hall–Kier alpha value is -0.650. The zero-order chi connectivity index (χ0) is 15.0. The summed E-state index contributed by atoms with van der Waals surface area (Å²) in [6.07, 6.45) is 3.03. The van der Waals surface area contributed by atoms with Crippen molar-refractivity contribution in [2.45, 2.75) is 70.2 Å². The third-order valence-corrected chi connectivity index (χ3v) is 4.14. The van der Waals surface area contributed by atoms with E-state index in [-0.39, 0.29) is 11.7 Å². The largest absolute Gasteiger partial charge is 0.480 e. The summed E-state index contributed by atoms with van der Waals surface area (Å²) in [5, 5.41) is 12.8. The van der Waals surface area contributed by atoms with Crippen molar-refractivity contribution in [1.82, 2.24) is 10.2 Å². The number of hydrogen-bond acceptors (Lipinski definition) is 4. The van der Waals surface area contributed by atoms with E-state index in [1.54, 1.807) is 0 Å². The molecule has 0 radical (unpaired) electrons. The Bertz CT molecular complexity index is 368. The van der Waals surface area contributed by atoms with Gasteiger partial charge in [0, 0.05) is 25.7 Å². The van der Waals surface area contributed by atoms with Crippen LogP contribution in [0.5, 0.6) is 0 Å². The van der Waals surface area contributed by atoms with Crippen LogP contribution in [0.4, 0.5) is 0 Å². The average Bonchev–Trinajstić information content (AvgIpc) is 3.07. The maximum Gasteiger partial charge on any atom is 0.323 e. The molecule has 0 aromatic heterocycles. The summed E-state index contributed by atoms with van der Waals surface area (Å²) in [5.74, 6) is -0.745. The number of hydrogen-bond donors (Lipinski definition) is 2. The minimum Gasteiger partial charge on any atom is -0.480 e. The maximum atomic E-state index is 11.5. The van der Waals surface area contributed by atoms with Gasteiger partial charge in [0.25, 0.3) is 0 Å². The van der Waals surface area contributed by atoms with Crippen LogP contribution in [0.25, 0.3) is 0 Å². The second kappa shape index (κ2) is 5.62. The quantitative estimate of drug-likeness (QED) is 0.773. The highest BCUT2D eigenvalue weighted by Crippen LogP contribution is 2.26. The summed E-state index contributed by atoms with van der Waals surface area (Å²) < 4.78 is 5.88. The molecule has 2 aliphatic rings. The van der Waals surface area contributed by atoms with Gasteiger partial charge in [-0.25, -0.2) is 0 Å². The Morgan fingerprint density at radius 2 is 2.15 bits per heavy atom. The SMILES string of the molecule is CC1CN(CCC(C)(NC2CC2)C(=O)O)CC(C)(C)O1. The monoisotopic (exact) mass is 284 g/mol. The van der Waals surface area contributed by atoms with Gasteiger partial charge in [-0.3, -0.25) is 15.0 Å². The van der Waals surface area contributed by atoms with Crippen LogP contribution in [0.1, 0.15) is 47.0 Å². The maximum absolute atomic E-state index is 11.5. The van der Waals surface area contributed by atoms with Crippen LogP contribution in [0.2, 0.25) is 0 Å². The van der Waals surface area contributed by atoms with Crippen molar-refractivity contribution in [3.05, 3.63) is 0 Å². The lowest BCUT2D eigenvalue weighted by Crippen LogP contribution is -2.56.